The molecule has 2 fully saturated rings. The highest BCUT2D eigenvalue weighted by Gasteiger charge is 2.60. The molecule has 0 aromatic heterocycles. The predicted molar refractivity (Wildman–Crippen MR) is 158 cm³/mol. The molecule has 3 heterocycles. The number of amides is 2. The number of anilines is 2. The average molecular weight is 595 g/mol. The number of hydrogen-bond acceptors (Lipinski definition) is 8. The lowest BCUT2D eigenvalue weighted by Crippen LogP contribution is -2.63. The molecule has 3 aliphatic rings. The fraction of sp³-hybridized carbons (Fsp3) is 0.400. The summed E-state index contributed by atoms with van der Waals surface area (Å²) in [4.78, 5) is 54.1. The summed E-state index contributed by atoms with van der Waals surface area (Å²) in [6, 6.07) is 12.9. The number of likely N-dealkylation sites (tertiary alicyclic amines) is 1. The number of nitrogens with one attached hydrogen (secondary N) is 2. The Hall–Kier alpha value is -3.87. The highest BCUT2D eigenvalue weighted by molar-refractivity contribution is 8.03. The molecule has 0 unspecified atom stereocenters. The highest BCUT2D eigenvalue weighted by atomic mass is 32.2. The number of carbonyl (C=O) groups excluding carboxylic acids is 2. The number of aliphatic carboxylic acids is 1. The van der Waals surface area contributed by atoms with Crippen molar-refractivity contribution in [1.82, 2.24) is 9.80 Å². The summed E-state index contributed by atoms with van der Waals surface area (Å²) in [5, 5.41) is 35.4. The summed E-state index contributed by atoms with van der Waals surface area (Å²) in [7, 11) is 1.83. The van der Waals surface area contributed by atoms with Gasteiger partial charge in [0.05, 0.1) is 29.7 Å². The van der Waals surface area contributed by atoms with Gasteiger partial charge in [0.15, 0.2) is 0 Å². The van der Waals surface area contributed by atoms with E-state index in [0.717, 1.165) is 11.3 Å². The molecule has 5 rings (SSSR count). The summed E-state index contributed by atoms with van der Waals surface area (Å²) < 4.78 is 0. The highest BCUT2D eigenvalue weighted by Crippen LogP contribution is 2.52. The summed E-state index contributed by atoms with van der Waals surface area (Å²) in [6.45, 7) is 4.39. The number of hydrogen-bond donors (Lipinski definition) is 5. The van der Waals surface area contributed by atoms with Gasteiger partial charge < -0.3 is 30.9 Å². The fourth-order valence-electron chi connectivity index (χ4n) is 6.27. The van der Waals surface area contributed by atoms with E-state index in [2.05, 4.69) is 10.6 Å². The minimum absolute atomic E-state index is 0.0361. The van der Waals surface area contributed by atoms with Crippen LogP contribution in [-0.4, -0.2) is 85.9 Å². The second kappa shape index (κ2) is 11.8. The minimum atomic E-state index is -1.18. The number of aliphatic hydroxyl groups is 1. The minimum Gasteiger partial charge on any atom is -0.478 e. The number of carboxylic acids is 2. The van der Waals surface area contributed by atoms with E-state index in [1.807, 2.05) is 43.1 Å². The zero-order chi connectivity index (χ0) is 30.3. The summed E-state index contributed by atoms with van der Waals surface area (Å²) in [6.07, 6.45) is -0.466. The molecule has 222 valence electrons. The summed E-state index contributed by atoms with van der Waals surface area (Å²) in [5.74, 6) is -3.87. The van der Waals surface area contributed by atoms with E-state index in [4.69, 9.17) is 0 Å². The van der Waals surface area contributed by atoms with Crippen molar-refractivity contribution >= 4 is 46.9 Å². The van der Waals surface area contributed by atoms with Crippen LogP contribution in [0.2, 0.25) is 0 Å². The normalized spacial score (nSPS) is 26.0. The molecule has 0 saturated carbocycles. The Morgan fingerprint density at radius 2 is 1.79 bits per heavy atom. The molecule has 3 aliphatic heterocycles. The lowest BCUT2D eigenvalue weighted by Gasteiger charge is -2.46. The number of β-lactam (4-membered cyclic amide) rings is 1. The smallest absolute Gasteiger partial charge is 0.353 e. The fourth-order valence-corrected chi connectivity index (χ4v) is 7.82. The molecule has 42 heavy (non-hydrogen) atoms. The van der Waals surface area contributed by atoms with E-state index in [1.165, 1.54) is 28.8 Å². The third kappa shape index (κ3) is 5.49. The number of aliphatic hydroxyl groups excluding tert-OH is 1. The van der Waals surface area contributed by atoms with Crippen LogP contribution in [0, 0.1) is 11.8 Å². The Kier molecular flexibility index (Phi) is 8.31. The van der Waals surface area contributed by atoms with Crippen LogP contribution in [0.5, 0.6) is 0 Å². The van der Waals surface area contributed by atoms with E-state index in [9.17, 15) is 34.5 Å². The number of thioether (sulfide) groups is 1. The van der Waals surface area contributed by atoms with E-state index in [1.54, 1.807) is 19.1 Å². The van der Waals surface area contributed by atoms with Crippen LogP contribution >= 0.6 is 11.8 Å². The molecule has 0 aliphatic carbocycles. The molecule has 5 N–H and O–H groups in total. The number of benzene rings is 2. The van der Waals surface area contributed by atoms with Crippen molar-refractivity contribution in [1.29, 1.82) is 0 Å². The van der Waals surface area contributed by atoms with Gasteiger partial charge in [-0.3, -0.25) is 14.5 Å². The van der Waals surface area contributed by atoms with Gasteiger partial charge in [-0.25, -0.2) is 9.59 Å². The number of fused-ring (bicyclic) bond motifs is 1. The Balaban J connectivity index is 1.40. The first-order chi connectivity index (χ1) is 20.0. The van der Waals surface area contributed by atoms with Gasteiger partial charge in [0.2, 0.25) is 11.8 Å². The summed E-state index contributed by atoms with van der Waals surface area (Å²) in [5.41, 5.74) is 2.33. The molecule has 2 saturated heterocycles. The van der Waals surface area contributed by atoms with E-state index < -0.39 is 36.0 Å². The van der Waals surface area contributed by atoms with Crippen LogP contribution in [-0.2, 0) is 20.9 Å². The lowest BCUT2D eigenvalue weighted by atomic mass is 9.79. The van der Waals surface area contributed by atoms with Gasteiger partial charge in [0, 0.05) is 47.6 Å². The maximum Gasteiger partial charge on any atom is 0.353 e. The number of nitrogens with zero attached hydrogens (tertiary/aromatic N) is 2. The van der Waals surface area contributed by atoms with E-state index >= 15 is 0 Å². The van der Waals surface area contributed by atoms with Crippen LogP contribution in [0.3, 0.4) is 0 Å². The maximum absolute atomic E-state index is 13.6. The first-order valence-electron chi connectivity index (χ1n) is 13.8. The second-order valence-corrected chi connectivity index (χ2v) is 12.4. The summed E-state index contributed by atoms with van der Waals surface area (Å²) >= 11 is 1.39. The standard InChI is InChI=1S/C30H34N4O7S/c1-15-24-23(16(2)35)28(37)34(24)25(30(40)41)26(15)42-21-12-22(27(36)32-20-9-5-7-18(11-20)29(38)39)33(14-21)13-17-6-4-8-19(10-17)31-3/h4-11,15-16,21-24,31,35H,12-14H2,1-3H3,(H,32,36)(H,38,39)(H,40,41)/t15-,16-,21+,22+,23-,24-/m1/s1. The Bertz CT molecular complexity index is 1460. The van der Waals surface area contributed by atoms with Crippen molar-refractivity contribution in [3.63, 3.8) is 0 Å². The van der Waals surface area contributed by atoms with E-state index in [-0.39, 0.29) is 34.2 Å². The van der Waals surface area contributed by atoms with Crippen molar-refractivity contribution < 1.29 is 34.5 Å². The van der Waals surface area contributed by atoms with Gasteiger partial charge in [0.25, 0.3) is 0 Å². The molecule has 11 nitrogen and oxygen atoms in total. The zero-order valence-electron chi connectivity index (χ0n) is 23.5. The van der Waals surface area contributed by atoms with Crippen molar-refractivity contribution in [2.24, 2.45) is 11.8 Å². The van der Waals surface area contributed by atoms with Crippen molar-refractivity contribution in [3.8, 4) is 0 Å². The van der Waals surface area contributed by atoms with E-state index in [0.29, 0.717) is 30.1 Å². The molecule has 0 spiro atoms. The third-order valence-electron chi connectivity index (χ3n) is 8.25. The number of carbonyl (C=O) groups is 4. The molecule has 2 aromatic rings. The van der Waals surface area contributed by atoms with Crippen molar-refractivity contribution in [2.75, 3.05) is 24.2 Å². The first-order valence-corrected chi connectivity index (χ1v) is 14.7. The zero-order valence-corrected chi connectivity index (χ0v) is 24.3. The quantitative estimate of drug-likeness (QED) is 0.259. The van der Waals surface area contributed by atoms with Crippen LogP contribution in [0.1, 0.15) is 36.2 Å². The third-order valence-corrected chi connectivity index (χ3v) is 9.74. The largest absolute Gasteiger partial charge is 0.478 e. The molecule has 2 amide bonds. The topological polar surface area (TPSA) is 160 Å². The van der Waals surface area contributed by atoms with Gasteiger partial charge >= 0.3 is 11.9 Å². The number of rotatable bonds is 10. The van der Waals surface area contributed by atoms with Crippen LogP contribution in [0.25, 0.3) is 0 Å². The monoisotopic (exact) mass is 594 g/mol. The molecule has 12 heteroatoms. The van der Waals surface area contributed by atoms with Gasteiger partial charge in [-0.15, -0.1) is 11.8 Å². The van der Waals surface area contributed by atoms with Gasteiger partial charge in [0.1, 0.15) is 5.70 Å². The Morgan fingerprint density at radius 3 is 2.45 bits per heavy atom. The van der Waals surface area contributed by atoms with Crippen LogP contribution in [0.15, 0.2) is 59.1 Å². The number of aromatic carboxylic acids is 1. The van der Waals surface area contributed by atoms with Crippen molar-refractivity contribution in [2.45, 2.75) is 50.3 Å². The first kappa shape index (κ1) is 29.6. The predicted octanol–water partition coefficient (Wildman–Crippen LogP) is 2.89. The molecular weight excluding hydrogens is 560 g/mol. The van der Waals surface area contributed by atoms with Gasteiger partial charge in [-0.2, -0.15) is 0 Å². The molecule has 2 aromatic carbocycles. The van der Waals surface area contributed by atoms with Gasteiger partial charge in [-0.1, -0.05) is 25.1 Å². The van der Waals surface area contributed by atoms with Gasteiger partial charge in [-0.05, 0) is 49.2 Å². The van der Waals surface area contributed by atoms with Crippen LogP contribution < -0.4 is 10.6 Å². The molecule has 0 radical (unpaired) electrons. The van der Waals surface area contributed by atoms with Crippen LogP contribution in [0.4, 0.5) is 11.4 Å². The van der Waals surface area contributed by atoms with Crippen molar-refractivity contribution in [3.05, 3.63) is 70.3 Å². The molecule has 6 atom stereocenters. The molecular formula is C30H34N4O7S. The maximum atomic E-state index is 13.6. The average Bonchev–Trinajstić information content (AvgIpc) is 3.45. The number of carboxylic acid groups (broad SMARTS) is 2. The Labute approximate surface area is 247 Å². The second-order valence-electron chi connectivity index (χ2n) is 11.0. The lowest BCUT2D eigenvalue weighted by molar-refractivity contribution is -0.163. The Morgan fingerprint density at radius 1 is 1.07 bits per heavy atom. The molecule has 0 bridgehead atoms. The SMILES string of the molecule is CNc1cccc(CN2C[C@@H](SC3=C(C(=O)O)N4C(=O)[C@H]([C@@H](C)O)[C@H]4[C@H]3C)C[C@H]2C(=O)Nc2cccc(C(=O)O)c2)c1.